The molecule has 1 amide bonds. The van der Waals surface area contributed by atoms with Crippen molar-refractivity contribution in [1.82, 2.24) is 4.90 Å². The molecule has 1 saturated heterocycles. The molecule has 1 heterocycles. The summed E-state index contributed by atoms with van der Waals surface area (Å²) in [5, 5.41) is 0. The highest BCUT2D eigenvalue weighted by atomic mass is 16.6. The summed E-state index contributed by atoms with van der Waals surface area (Å²) < 4.78 is 10.0. The molecule has 0 aliphatic carbocycles. The van der Waals surface area contributed by atoms with Crippen LogP contribution in [0.25, 0.3) is 6.08 Å². The zero-order valence-electron chi connectivity index (χ0n) is 16.9. The van der Waals surface area contributed by atoms with Crippen LogP contribution < -0.4 is 0 Å². The van der Waals surface area contributed by atoms with E-state index in [0.29, 0.717) is 5.92 Å². The van der Waals surface area contributed by atoms with Crippen LogP contribution in [0.2, 0.25) is 0 Å². The largest absolute Gasteiger partial charge is 0.466 e. The average Bonchev–Trinajstić information content (AvgIpc) is 2.64. The van der Waals surface area contributed by atoms with Crippen molar-refractivity contribution in [2.75, 3.05) is 20.2 Å². The highest BCUT2D eigenvalue weighted by molar-refractivity contribution is 5.86. The minimum absolute atomic E-state index is 0.198. The Morgan fingerprint density at radius 2 is 1.78 bits per heavy atom. The number of amides is 1. The average molecular weight is 373 g/mol. The molecule has 0 spiro atoms. The molecule has 0 saturated carbocycles. The van der Waals surface area contributed by atoms with Crippen molar-refractivity contribution in [3.8, 4) is 0 Å². The smallest absolute Gasteiger partial charge is 0.410 e. The molecule has 148 valence electrons. The summed E-state index contributed by atoms with van der Waals surface area (Å²) in [7, 11) is 1.37. The number of likely N-dealkylation sites (tertiary alicyclic amines) is 1. The van der Waals surface area contributed by atoms with Gasteiger partial charge in [-0.1, -0.05) is 24.3 Å². The third-order valence-corrected chi connectivity index (χ3v) is 4.70. The molecule has 27 heavy (non-hydrogen) atoms. The van der Waals surface area contributed by atoms with Crippen LogP contribution in [0.15, 0.2) is 30.3 Å². The van der Waals surface area contributed by atoms with Crippen LogP contribution in [0.3, 0.4) is 0 Å². The van der Waals surface area contributed by atoms with Crippen LogP contribution in [0.5, 0.6) is 0 Å². The van der Waals surface area contributed by atoms with Crippen molar-refractivity contribution < 1.29 is 19.1 Å². The fourth-order valence-corrected chi connectivity index (χ4v) is 3.13. The molecule has 1 fully saturated rings. The maximum Gasteiger partial charge on any atom is 0.410 e. The van der Waals surface area contributed by atoms with E-state index >= 15 is 0 Å². The van der Waals surface area contributed by atoms with Gasteiger partial charge in [-0.3, -0.25) is 0 Å². The van der Waals surface area contributed by atoms with Gasteiger partial charge in [0.05, 0.1) is 7.11 Å². The maximum atomic E-state index is 12.1. The Labute approximate surface area is 162 Å². The molecule has 1 aliphatic rings. The third kappa shape index (κ3) is 7.45. The number of rotatable bonds is 5. The molecule has 1 aliphatic heterocycles. The van der Waals surface area contributed by atoms with Gasteiger partial charge in [0, 0.05) is 19.2 Å². The first-order valence-electron chi connectivity index (χ1n) is 9.60. The number of hydrogen-bond donors (Lipinski definition) is 0. The number of ether oxygens (including phenoxy) is 2. The van der Waals surface area contributed by atoms with Crippen molar-refractivity contribution in [1.29, 1.82) is 0 Å². The predicted octanol–water partition coefficient (Wildman–Crippen LogP) is 4.45. The van der Waals surface area contributed by atoms with Gasteiger partial charge < -0.3 is 14.4 Å². The number of benzene rings is 1. The molecule has 0 unspecified atom stereocenters. The van der Waals surface area contributed by atoms with Crippen LogP contribution in [-0.2, 0) is 20.7 Å². The summed E-state index contributed by atoms with van der Waals surface area (Å²) in [6.07, 6.45) is 7.18. The number of methoxy groups -OCH3 is 1. The normalized spacial score (nSPS) is 15.8. The second-order valence-electron chi connectivity index (χ2n) is 8.05. The molecule has 0 radical (unpaired) electrons. The van der Waals surface area contributed by atoms with Crippen LogP contribution in [-0.4, -0.2) is 42.8 Å². The van der Waals surface area contributed by atoms with Crippen molar-refractivity contribution in [3.63, 3.8) is 0 Å². The van der Waals surface area contributed by atoms with Gasteiger partial charge in [-0.05, 0) is 69.6 Å². The lowest BCUT2D eigenvalue weighted by Gasteiger charge is -2.33. The SMILES string of the molecule is COC(=O)/C=C/c1ccc(CCC2CCN(C(=O)OC(C)(C)C)CC2)cc1. The Bertz CT molecular complexity index is 650. The minimum Gasteiger partial charge on any atom is -0.466 e. The van der Waals surface area contributed by atoms with Crippen molar-refractivity contribution in [3.05, 3.63) is 41.5 Å². The van der Waals surface area contributed by atoms with E-state index in [0.717, 1.165) is 44.3 Å². The molecular weight excluding hydrogens is 342 g/mol. The second kappa shape index (κ2) is 9.58. The van der Waals surface area contributed by atoms with E-state index in [1.54, 1.807) is 6.08 Å². The van der Waals surface area contributed by atoms with E-state index in [-0.39, 0.29) is 12.1 Å². The lowest BCUT2D eigenvalue weighted by atomic mass is 9.90. The van der Waals surface area contributed by atoms with Crippen LogP contribution in [0, 0.1) is 5.92 Å². The molecule has 0 aromatic heterocycles. The van der Waals surface area contributed by atoms with Gasteiger partial charge in [0.15, 0.2) is 0 Å². The highest BCUT2D eigenvalue weighted by Crippen LogP contribution is 2.24. The molecular formula is C22H31NO4. The lowest BCUT2D eigenvalue weighted by molar-refractivity contribution is -0.134. The number of carbonyl (C=O) groups is 2. The van der Waals surface area contributed by atoms with E-state index in [9.17, 15) is 9.59 Å². The Morgan fingerprint density at radius 3 is 2.33 bits per heavy atom. The number of piperidine rings is 1. The van der Waals surface area contributed by atoms with E-state index < -0.39 is 5.60 Å². The van der Waals surface area contributed by atoms with Crippen molar-refractivity contribution >= 4 is 18.1 Å². The number of carbonyl (C=O) groups excluding carboxylic acids is 2. The summed E-state index contributed by atoms with van der Waals surface area (Å²) >= 11 is 0. The van der Waals surface area contributed by atoms with Gasteiger partial charge >= 0.3 is 12.1 Å². The van der Waals surface area contributed by atoms with Crippen molar-refractivity contribution in [2.45, 2.75) is 52.1 Å². The molecule has 2 rings (SSSR count). The Kier molecular flexibility index (Phi) is 7.45. The fourth-order valence-electron chi connectivity index (χ4n) is 3.13. The maximum absolute atomic E-state index is 12.1. The molecule has 1 aromatic carbocycles. The Morgan fingerprint density at radius 1 is 1.15 bits per heavy atom. The molecule has 0 atom stereocenters. The zero-order valence-corrected chi connectivity index (χ0v) is 16.9. The molecule has 5 nitrogen and oxygen atoms in total. The first kappa shape index (κ1) is 21.0. The fraction of sp³-hybridized carbons (Fsp3) is 0.545. The number of esters is 1. The Hall–Kier alpha value is -2.30. The van der Waals surface area contributed by atoms with Gasteiger partial charge in [0.2, 0.25) is 0 Å². The third-order valence-electron chi connectivity index (χ3n) is 4.70. The van der Waals surface area contributed by atoms with E-state index in [4.69, 9.17) is 4.74 Å². The summed E-state index contributed by atoms with van der Waals surface area (Å²) in [5.41, 5.74) is 1.83. The van der Waals surface area contributed by atoms with Crippen LogP contribution in [0.1, 0.15) is 51.2 Å². The highest BCUT2D eigenvalue weighted by Gasteiger charge is 2.26. The monoisotopic (exact) mass is 373 g/mol. The van der Waals surface area contributed by atoms with Gasteiger partial charge in [0.25, 0.3) is 0 Å². The number of aryl methyl sites for hydroxylation is 1. The summed E-state index contributed by atoms with van der Waals surface area (Å²) in [4.78, 5) is 25.1. The molecule has 5 heteroatoms. The van der Waals surface area contributed by atoms with Crippen molar-refractivity contribution in [2.24, 2.45) is 5.92 Å². The number of nitrogens with zero attached hydrogens (tertiary/aromatic N) is 1. The first-order valence-corrected chi connectivity index (χ1v) is 9.60. The quantitative estimate of drug-likeness (QED) is 0.565. The number of hydrogen-bond acceptors (Lipinski definition) is 4. The van der Waals surface area contributed by atoms with E-state index in [2.05, 4.69) is 16.9 Å². The molecule has 0 bridgehead atoms. The Balaban J connectivity index is 1.74. The van der Waals surface area contributed by atoms with E-state index in [1.807, 2.05) is 37.8 Å². The van der Waals surface area contributed by atoms with Gasteiger partial charge in [-0.15, -0.1) is 0 Å². The predicted molar refractivity (Wildman–Crippen MR) is 106 cm³/mol. The zero-order chi connectivity index (χ0) is 19.9. The first-order chi connectivity index (χ1) is 12.8. The summed E-state index contributed by atoms with van der Waals surface area (Å²) in [6, 6.07) is 8.24. The van der Waals surface area contributed by atoms with Gasteiger partial charge in [-0.2, -0.15) is 0 Å². The standard InChI is InChI=1S/C22H31NO4/c1-22(2,3)27-21(25)23-15-13-19(14-16-23)10-9-17-5-7-18(8-6-17)11-12-20(24)26-4/h5-8,11-12,19H,9-10,13-16H2,1-4H3/b12-11+. The lowest BCUT2D eigenvalue weighted by Crippen LogP contribution is -2.41. The van der Waals surface area contributed by atoms with Gasteiger partial charge in [0.1, 0.15) is 5.60 Å². The van der Waals surface area contributed by atoms with Crippen LogP contribution in [0.4, 0.5) is 4.79 Å². The molecule has 1 aromatic rings. The molecule has 0 N–H and O–H groups in total. The van der Waals surface area contributed by atoms with Crippen LogP contribution >= 0.6 is 0 Å². The van der Waals surface area contributed by atoms with E-state index in [1.165, 1.54) is 18.7 Å². The second-order valence-corrected chi connectivity index (χ2v) is 8.05. The van der Waals surface area contributed by atoms with Gasteiger partial charge in [-0.25, -0.2) is 9.59 Å². The summed E-state index contributed by atoms with van der Waals surface area (Å²) in [5.74, 6) is 0.291. The topological polar surface area (TPSA) is 55.8 Å². The summed E-state index contributed by atoms with van der Waals surface area (Å²) in [6.45, 7) is 7.24. The minimum atomic E-state index is -0.438.